The highest BCUT2D eigenvalue weighted by Crippen LogP contribution is 2.05. The third-order valence-electron chi connectivity index (χ3n) is 2.09. The van der Waals surface area contributed by atoms with Crippen molar-refractivity contribution in [3.05, 3.63) is 23.9 Å². The van der Waals surface area contributed by atoms with Gasteiger partial charge in [0.1, 0.15) is 11.5 Å². The van der Waals surface area contributed by atoms with Gasteiger partial charge in [-0.15, -0.1) is 0 Å². The van der Waals surface area contributed by atoms with Gasteiger partial charge in [-0.2, -0.15) is 0 Å². The molecule has 0 aliphatic carbocycles. The van der Waals surface area contributed by atoms with Gasteiger partial charge in [-0.1, -0.05) is 6.07 Å². The smallest absolute Gasteiger partial charge is 0.272 e. The highest BCUT2D eigenvalue weighted by molar-refractivity contribution is 5.92. The number of anilines is 1. The number of hydrogen-bond acceptors (Lipinski definition) is 5. The van der Waals surface area contributed by atoms with Crippen molar-refractivity contribution < 1.29 is 9.53 Å². The number of nitrogens with one attached hydrogen (secondary N) is 1. The van der Waals surface area contributed by atoms with Crippen molar-refractivity contribution in [2.75, 3.05) is 32.7 Å². The summed E-state index contributed by atoms with van der Waals surface area (Å²) in [4.78, 5) is 17.5. The topological polar surface area (TPSA) is 80.5 Å². The fraction of sp³-hybridized carbons (Fsp3) is 0.400. The van der Waals surface area contributed by atoms with Gasteiger partial charge in [0.15, 0.2) is 0 Å². The summed E-state index contributed by atoms with van der Waals surface area (Å²) in [6.45, 7) is 1.02. The van der Waals surface area contributed by atoms with E-state index < -0.39 is 0 Å². The van der Waals surface area contributed by atoms with Crippen molar-refractivity contribution in [2.24, 2.45) is 5.84 Å². The number of likely N-dealkylation sites (N-methyl/N-ethyl adjacent to an activating group) is 1. The summed E-state index contributed by atoms with van der Waals surface area (Å²) < 4.78 is 4.90. The molecule has 0 bridgehead atoms. The van der Waals surface area contributed by atoms with Crippen molar-refractivity contribution in [1.29, 1.82) is 0 Å². The van der Waals surface area contributed by atoms with Crippen LogP contribution in [-0.2, 0) is 4.74 Å². The zero-order valence-electron chi connectivity index (χ0n) is 9.43. The number of nitrogens with two attached hydrogens (primary N) is 1. The summed E-state index contributed by atoms with van der Waals surface area (Å²) in [6.07, 6.45) is 0. The van der Waals surface area contributed by atoms with E-state index in [0.717, 1.165) is 0 Å². The second-order valence-corrected chi connectivity index (χ2v) is 3.27. The molecule has 16 heavy (non-hydrogen) atoms. The van der Waals surface area contributed by atoms with Gasteiger partial charge in [0.2, 0.25) is 0 Å². The molecular weight excluding hydrogens is 208 g/mol. The van der Waals surface area contributed by atoms with Crippen molar-refractivity contribution in [1.82, 2.24) is 9.88 Å². The molecule has 1 aromatic rings. The van der Waals surface area contributed by atoms with Crippen LogP contribution in [0.5, 0.6) is 0 Å². The number of hydrogen-bond donors (Lipinski definition) is 2. The predicted molar refractivity (Wildman–Crippen MR) is 60.9 cm³/mol. The van der Waals surface area contributed by atoms with Crippen LogP contribution in [0.1, 0.15) is 10.5 Å². The van der Waals surface area contributed by atoms with Gasteiger partial charge in [-0.3, -0.25) is 4.79 Å². The summed E-state index contributed by atoms with van der Waals surface area (Å²) >= 11 is 0. The molecule has 1 amide bonds. The predicted octanol–water partition coefficient (Wildman–Crippen LogP) is 0.0856. The normalized spacial score (nSPS) is 9.94. The summed E-state index contributed by atoms with van der Waals surface area (Å²) in [5.41, 5.74) is 2.75. The van der Waals surface area contributed by atoms with E-state index in [1.54, 1.807) is 37.3 Å². The number of carbonyl (C=O) groups is 1. The number of rotatable bonds is 5. The minimum atomic E-state index is -0.158. The molecule has 0 fully saturated rings. The summed E-state index contributed by atoms with van der Waals surface area (Å²) in [5.74, 6) is 5.52. The first kappa shape index (κ1) is 12.4. The van der Waals surface area contributed by atoms with Gasteiger partial charge in [0.25, 0.3) is 5.91 Å². The zero-order chi connectivity index (χ0) is 12.0. The van der Waals surface area contributed by atoms with Crippen LogP contribution in [0, 0.1) is 0 Å². The second-order valence-electron chi connectivity index (χ2n) is 3.27. The molecule has 0 radical (unpaired) electrons. The van der Waals surface area contributed by atoms with Gasteiger partial charge >= 0.3 is 0 Å². The lowest BCUT2D eigenvalue weighted by molar-refractivity contribution is 0.0739. The average molecular weight is 224 g/mol. The highest BCUT2D eigenvalue weighted by Gasteiger charge is 2.12. The van der Waals surface area contributed by atoms with E-state index in [-0.39, 0.29) is 5.91 Å². The molecular formula is C10H16N4O2. The number of nitrogens with zero attached hydrogens (tertiary/aromatic N) is 2. The first-order valence-electron chi connectivity index (χ1n) is 4.87. The van der Waals surface area contributed by atoms with Crippen LogP contribution in [0.15, 0.2) is 18.2 Å². The third kappa shape index (κ3) is 3.18. The van der Waals surface area contributed by atoms with E-state index in [2.05, 4.69) is 10.4 Å². The van der Waals surface area contributed by atoms with E-state index in [0.29, 0.717) is 24.7 Å². The minimum absolute atomic E-state index is 0.158. The molecule has 0 aromatic carbocycles. The molecule has 6 nitrogen and oxygen atoms in total. The van der Waals surface area contributed by atoms with Crippen LogP contribution in [0.2, 0.25) is 0 Å². The van der Waals surface area contributed by atoms with E-state index in [9.17, 15) is 4.79 Å². The number of nitrogen functional groups attached to an aromatic ring is 1. The molecule has 1 aromatic heterocycles. The Bertz CT molecular complexity index is 356. The molecule has 0 saturated heterocycles. The van der Waals surface area contributed by atoms with Crippen LogP contribution < -0.4 is 11.3 Å². The van der Waals surface area contributed by atoms with Gasteiger partial charge in [0.05, 0.1) is 6.61 Å². The maximum absolute atomic E-state index is 11.9. The monoisotopic (exact) mass is 224 g/mol. The molecule has 0 saturated carbocycles. The van der Waals surface area contributed by atoms with Crippen LogP contribution >= 0.6 is 0 Å². The molecule has 1 heterocycles. The number of amides is 1. The molecule has 0 unspecified atom stereocenters. The van der Waals surface area contributed by atoms with Crippen molar-refractivity contribution in [3.63, 3.8) is 0 Å². The third-order valence-corrected chi connectivity index (χ3v) is 2.09. The molecule has 0 aliphatic heterocycles. The molecule has 0 aliphatic rings. The number of methoxy groups -OCH3 is 1. The van der Waals surface area contributed by atoms with Crippen LogP contribution in [0.3, 0.4) is 0 Å². The summed E-state index contributed by atoms with van der Waals surface area (Å²) in [5, 5.41) is 0. The van der Waals surface area contributed by atoms with Crippen molar-refractivity contribution >= 4 is 11.7 Å². The standard InChI is InChI=1S/C10H16N4O2/c1-14(6-7-16-2)10(15)8-4-3-5-9(12-8)13-11/h3-5H,6-7,11H2,1-2H3,(H,12,13). The van der Waals surface area contributed by atoms with E-state index in [4.69, 9.17) is 10.6 Å². The first-order valence-corrected chi connectivity index (χ1v) is 4.87. The van der Waals surface area contributed by atoms with Crippen LogP contribution in [0.25, 0.3) is 0 Å². The average Bonchev–Trinajstić information content (AvgIpc) is 2.35. The van der Waals surface area contributed by atoms with E-state index >= 15 is 0 Å². The Morgan fingerprint density at radius 2 is 2.38 bits per heavy atom. The molecule has 88 valence electrons. The second kappa shape index (κ2) is 6.04. The van der Waals surface area contributed by atoms with Gasteiger partial charge in [-0.25, -0.2) is 10.8 Å². The molecule has 0 atom stereocenters. The van der Waals surface area contributed by atoms with E-state index in [1.807, 2.05) is 0 Å². The fourth-order valence-electron chi connectivity index (χ4n) is 1.16. The lowest BCUT2D eigenvalue weighted by Gasteiger charge is -2.16. The van der Waals surface area contributed by atoms with Crippen LogP contribution in [-0.4, -0.2) is 43.1 Å². The molecule has 3 N–H and O–H groups in total. The maximum Gasteiger partial charge on any atom is 0.272 e. The number of ether oxygens (including phenoxy) is 1. The first-order chi connectivity index (χ1) is 7.69. The number of hydrazine groups is 1. The largest absolute Gasteiger partial charge is 0.383 e. The van der Waals surface area contributed by atoms with Gasteiger partial charge < -0.3 is 15.1 Å². The quantitative estimate of drug-likeness (QED) is 0.547. The minimum Gasteiger partial charge on any atom is -0.383 e. The number of pyridine rings is 1. The lowest BCUT2D eigenvalue weighted by Crippen LogP contribution is -2.30. The van der Waals surface area contributed by atoms with E-state index in [1.165, 1.54) is 0 Å². The Labute approximate surface area is 94.4 Å². The Balaban J connectivity index is 2.71. The summed E-state index contributed by atoms with van der Waals surface area (Å²) in [6, 6.07) is 5.05. The highest BCUT2D eigenvalue weighted by atomic mass is 16.5. The number of aromatic nitrogens is 1. The fourth-order valence-corrected chi connectivity index (χ4v) is 1.16. The molecule has 0 spiro atoms. The SMILES string of the molecule is COCCN(C)C(=O)c1cccc(NN)n1. The van der Waals surface area contributed by atoms with Crippen LogP contribution in [0.4, 0.5) is 5.82 Å². The molecule has 6 heteroatoms. The molecule has 1 rings (SSSR count). The van der Waals surface area contributed by atoms with Crippen molar-refractivity contribution in [2.45, 2.75) is 0 Å². The van der Waals surface area contributed by atoms with Gasteiger partial charge in [-0.05, 0) is 12.1 Å². The van der Waals surface area contributed by atoms with Gasteiger partial charge in [0, 0.05) is 20.7 Å². The summed E-state index contributed by atoms with van der Waals surface area (Å²) in [7, 11) is 3.29. The Hall–Kier alpha value is -1.66. The Morgan fingerprint density at radius 1 is 1.62 bits per heavy atom. The van der Waals surface area contributed by atoms with Crippen molar-refractivity contribution in [3.8, 4) is 0 Å². The maximum atomic E-state index is 11.9. The zero-order valence-corrected chi connectivity index (χ0v) is 9.43. The number of carbonyl (C=O) groups excluding carboxylic acids is 1. The Morgan fingerprint density at radius 3 is 3.00 bits per heavy atom. The lowest BCUT2D eigenvalue weighted by atomic mass is 10.3. The Kier molecular flexibility index (Phi) is 4.68.